The molecule has 1 fully saturated rings. The first-order valence-electron chi connectivity index (χ1n) is 6.36. The van der Waals surface area contributed by atoms with Crippen molar-refractivity contribution in [2.75, 3.05) is 18.8 Å². The minimum Gasteiger partial charge on any atom is -0.398 e. The van der Waals surface area contributed by atoms with Gasteiger partial charge in [0, 0.05) is 36.8 Å². The highest BCUT2D eigenvalue weighted by Crippen LogP contribution is 2.29. The van der Waals surface area contributed by atoms with E-state index in [4.69, 9.17) is 11.0 Å². The van der Waals surface area contributed by atoms with Crippen LogP contribution in [-0.2, 0) is 0 Å². The van der Waals surface area contributed by atoms with E-state index in [1.54, 1.807) is 6.07 Å². The molecule has 2 rings (SSSR count). The van der Waals surface area contributed by atoms with Gasteiger partial charge < -0.3 is 10.8 Å². The first-order chi connectivity index (χ1) is 8.72. The van der Waals surface area contributed by atoms with Gasteiger partial charge in [-0.3, -0.25) is 4.90 Å². The van der Waals surface area contributed by atoms with E-state index in [0.29, 0.717) is 24.7 Å². The maximum Gasteiger partial charge on any atom is 0.0936 e. The summed E-state index contributed by atoms with van der Waals surface area (Å²) in [4.78, 5) is 2.19. The maximum absolute atomic E-state index is 10.2. The van der Waals surface area contributed by atoms with Gasteiger partial charge in [-0.2, -0.15) is 5.26 Å². The lowest BCUT2D eigenvalue weighted by Crippen LogP contribution is -2.31. The molecule has 1 aromatic carbocycles. The topological polar surface area (TPSA) is 73.3 Å². The number of nitrogens with zero attached hydrogens (tertiary/aromatic N) is 2. The van der Waals surface area contributed by atoms with Crippen LogP contribution in [0.5, 0.6) is 0 Å². The SMILES string of the molecule is N#CCCN(CC(O)c1ccccc1N)C1CC1. The second kappa shape index (κ2) is 5.85. The van der Waals surface area contributed by atoms with E-state index < -0.39 is 6.10 Å². The zero-order valence-corrected chi connectivity index (χ0v) is 10.4. The average Bonchev–Trinajstić information content (AvgIpc) is 3.19. The molecule has 3 N–H and O–H groups in total. The van der Waals surface area contributed by atoms with Crippen LogP contribution in [0.3, 0.4) is 0 Å². The van der Waals surface area contributed by atoms with Crippen LogP contribution in [-0.4, -0.2) is 29.1 Å². The summed E-state index contributed by atoms with van der Waals surface area (Å²) in [6, 6.07) is 10.1. The van der Waals surface area contributed by atoms with Crippen LogP contribution < -0.4 is 5.73 Å². The molecule has 0 radical (unpaired) electrons. The third-order valence-corrected chi connectivity index (χ3v) is 3.34. The standard InChI is InChI=1S/C14H19N3O/c15-8-3-9-17(11-6-7-11)10-14(18)12-4-1-2-5-13(12)16/h1-2,4-5,11,14,18H,3,6-7,9-10,16H2. The van der Waals surface area contributed by atoms with Crippen molar-refractivity contribution in [3.05, 3.63) is 29.8 Å². The largest absolute Gasteiger partial charge is 0.398 e. The van der Waals surface area contributed by atoms with Gasteiger partial charge in [0.05, 0.1) is 12.2 Å². The summed E-state index contributed by atoms with van der Waals surface area (Å²) < 4.78 is 0. The molecule has 4 heteroatoms. The molecule has 0 aliphatic heterocycles. The molecule has 0 amide bonds. The van der Waals surface area contributed by atoms with Crippen molar-refractivity contribution in [3.63, 3.8) is 0 Å². The Bertz CT molecular complexity index is 437. The minimum absolute atomic E-state index is 0.507. The Kier molecular flexibility index (Phi) is 4.19. The van der Waals surface area contributed by atoms with E-state index in [-0.39, 0.29) is 0 Å². The fourth-order valence-corrected chi connectivity index (χ4v) is 2.19. The molecule has 1 atom stereocenters. The van der Waals surface area contributed by atoms with Gasteiger partial charge in [0.25, 0.3) is 0 Å². The van der Waals surface area contributed by atoms with Crippen molar-refractivity contribution in [1.82, 2.24) is 4.90 Å². The highest BCUT2D eigenvalue weighted by Gasteiger charge is 2.30. The zero-order valence-electron chi connectivity index (χ0n) is 10.4. The van der Waals surface area contributed by atoms with E-state index in [9.17, 15) is 5.11 Å². The van der Waals surface area contributed by atoms with Gasteiger partial charge in [-0.15, -0.1) is 0 Å². The van der Waals surface area contributed by atoms with Crippen molar-refractivity contribution in [2.24, 2.45) is 0 Å². The molecule has 0 heterocycles. The van der Waals surface area contributed by atoms with E-state index in [0.717, 1.165) is 12.1 Å². The molecule has 1 aliphatic carbocycles. The Morgan fingerprint density at radius 3 is 2.78 bits per heavy atom. The summed E-state index contributed by atoms with van der Waals surface area (Å²) in [6.07, 6.45) is 2.27. The van der Waals surface area contributed by atoms with Crippen LogP contribution >= 0.6 is 0 Å². The summed E-state index contributed by atoms with van der Waals surface area (Å²) in [5, 5.41) is 18.9. The number of para-hydroxylation sites is 1. The number of nitrogens with two attached hydrogens (primary N) is 1. The van der Waals surface area contributed by atoms with Gasteiger partial charge in [0.1, 0.15) is 0 Å². The third-order valence-electron chi connectivity index (χ3n) is 3.34. The molecule has 0 bridgehead atoms. The monoisotopic (exact) mass is 245 g/mol. The van der Waals surface area contributed by atoms with Crippen LogP contribution in [0.2, 0.25) is 0 Å². The highest BCUT2D eigenvalue weighted by molar-refractivity contribution is 5.47. The Balaban J connectivity index is 1.98. The maximum atomic E-state index is 10.2. The average molecular weight is 245 g/mol. The normalized spacial score (nSPS) is 16.5. The summed E-state index contributed by atoms with van der Waals surface area (Å²) in [5.41, 5.74) is 7.26. The van der Waals surface area contributed by atoms with Gasteiger partial charge in [0.15, 0.2) is 0 Å². The van der Waals surface area contributed by atoms with E-state index in [2.05, 4.69) is 11.0 Å². The Morgan fingerprint density at radius 2 is 2.17 bits per heavy atom. The molecule has 96 valence electrons. The number of aliphatic hydroxyl groups is 1. The van der Waals surface area contributed by atoms with Gasteiger partial charge in [-0.25, -0.2) is 0 Å². The molecule has 0 aromatic heterocycles. The number of rotatable bonds is 6. The van der Waals surface area contributed by atoms with E-state index >= 15 is 0 Å². The van der Waals surface area contributed by atoms with Crippen molar-refractivity contribution in [2.45, 2.75) is 31.4 Å². The van der Waals surface area contributed by atoms with Gasteiger partial charge in [0.2, 0.25) is 0 Å². The lowest BCUT2D eigenvalue weighted by Gasteiger charge is -2.24. The van der Waals surface area contributed by atoms with Crippen LogP contribution in [0.1, 0.15) is 30.9 Å². The molecule has 1 saturated carbocycles. The summed E-state index contributed by atoms with van der Waals surface area (Å²) in [7, 11) is 0. The lowest BCUT2D eigenvalue weighted by molar-refractivity contribution is 0.110. The second-order valence-electron chi connectivity index (χ2n) is 4.78. The molecule has 1 aromatic rings. The van der Waals surface area contributed by atoms with Crippen LogP contribution in [0, 0.1) is 11.3 Å². The van der Waals surface area contributed by atoms with Crippen LogP contribution in [0.15, 0.2) is 24.3 Å². The Morgan fingerprint density at radius 1 is 1.44 bits per heavy atom. The van der Waals surface area contributed by atoms with Crippen LogP contribution in [0.25, 0.3) is 0 Å². The van der Waals surface area contributed by atoms with Crippen molar-refractivity contribution < 1.29 is 5.11 Å². The van der Waals surface area contributed by atoms with E-state index in [1.165, 1.54) is 12.8 Å². The van der Waals surface area contributed by atoms with Crippen molar-refractivity contribution >= 4 is 5.69 Å². The predicted molar refractivity (Wildman–Crippen MR) is 70.6 cm³/mol. The number of nitrogen functional groups attached to an aromatic ring is 1. The van der Waals surface area contributed by atoms with Crippen molar-refractivity contribution in [1.29, 1.82) is 5.26 Å². The number of nitriles is 1. The predicted octanol–water partition coefficient (Wildman–Crippen LogP) is 1.68. The number of hydrogen-bond donors (Lipinski definition) is 2. The van der Waals surface area contributed by atoms with Crippen molar-refractivity contribution in [3.8, 4) is 6.07 Å². The quantitative estimate of drug-likeness (QED) is 0.748. The fourth-order valence-electron chi connectivity index (χ4n) is 2.19. The first kappa shape index (κ1) is 12.9. The zero-order chi connectivity index (χ0) is 13.0. The van der Waals surface area contributed by atoms with Crippen LogP contribution in [0.4, 0.5) is 5.69 Å². The molecule has 1 aliphatic rings. The number of benzene rings is 1. The fraction of sp³-hybridized carbons (Fsp3) is 0.500. The Hall–Kier alpha value is -1.57. The Labute approximate surface area is 108 Å². The highest BCUT2D eigenvalue weighted by atomic mass is 16.3. The van der Waals surface area contributed by atoms with Gasteiger partial charge in [-0.05, 0) is 18.9 Å². The summed E-state index contributed by atoms with van der Waals surface area (Å²) in [5.74, 6) is 0. The number of anilines is 1. The minimum atomic E-state index is -0.578. The first-order valence-corrected chi connectivity index (χ1v) is 6.36. The summed E-state index contributed by atoms with van der Waals surface area (Å²) in [6.45, 7) is 1.28. The second-order valence-corrected chi connectivity index (χ2v) is 4.78. The third kappa shape index (κ3) is 3.22. The van der Waals surface area contributed by atoms with Gasteiger partial charge in [-0.1, -0.05) is 18.2 Å². The molecule has 4 nitrogen and oxygen atoms in total. The van der Waals surface area contributed by atoms with E-state index in [1.807, 2.05) is 18.2 Å². The number of hydrogen-bond acceptors (Lipinski definition) is 4. The smallest absolute Gasteiger partial charge is 0.0936 e. The molecular weight excluding hydrogens is 226 g/mol. The molecular formula is C14H19N3O. The summed E-state index contributed by atoms with van der Waals surface area (Å²) >= 11 is 0. The van der Waals surface area contributed by atoms with Gasteiger partial charge >= 0.3 is 0 Å². The molecule has 0 spiro atoms. The lowest BCUT2D eigenvalue weighted by atomic mass is 10.1. The molecule has 18 heavy (non-hydrogen) atoms. The number of aliphatic hydroxyl groups excluding tert-OH is 1. The molecule has 1 unspecified atom stereocenters. The molecule has 0 saturated heterocycles.